The number of alkyl halides is 3. The highest BCUT2D eigenvalue weighted by Crippen LogP contribution is 2.39. The van der Waals surface area contributed by atoms with Crippen LogP contribution in [0.2, 0.25) is 5.04 Å². The monoisotopic (exact) mass is 637 g/mol. The van der Waals surface area contributed by atoms with E-state index in [1.54, 1.807) is 16.1 Å². The summed E-state index contributed by atoms with van der Waals surface area (Å²) in [6.07, 6.45) is -4.09. The molecular weight excluding hydrogens is 603 g/mol. The van der Waals surface area contributed by atoms with Crippen molar-refractivity contribution < 1.29 is 32.2 Å². The van der Waals surface area contributed by atoms with Gasteiger partial charge in [0.25, 0.3) is 8.32 Å². The Bertz CT molecular complexity index is 1680. The number of benzene rings is 2. The van der Waals surface area contributed by atoms with Crippen LogP contribution < -0.4 is 21.4 Å². The van der Waals surface area contributed by atoms with Crippen molar-refractivity contribution in [2.24, 2.45) is 0 Å². The van der Waals surface area contributed by atoms with Crippen LogP contribution in [0.15, 0.2) is 73.2 Å². The summed E-state index contributed by atoms with van der Waals surface area (Å²) in [5.74, 6) is 3.30. The molecule has 9 nitrogen and oxygen atoms in total. The number of hydrogen-bond acceptors (Lipinski definition) is 7. The zero-order chi connectivity index (χ0) is 32.4. The normalized spacial score (nSPS) is 18.9. The highest BCUT2D eigenvalue weighted by molar-refractivity contribution is 6.99. The fourth-order valence-electron chi connectivity index (χ4n) is 5.79. The molecule has 4 N–H and O–H groups in total. The third kappa shape index (κ3) is 6.45. The fourth-order valence-corrected chi connectivity index (χ4v) is 10.4. The molecule has 4 aromatic rings. The Kier molecular flexibility index (Phi) is 9.04. The first-order valence-corrected chi connectivity index (χ1v) is 16.3. The van der Waals surface area contributed by atoms with Crippen LogP contribution in [0.4, 0.5) is 19.0 Å². The largest absolute Gasteiger partial charge is 0.471 e. The average Bonchev–Trinajstić information content (AvgIpc) is 3.56. The summed E-state index contributed by atoms with van der Waals surface area (Å²) in [5.41, 5.74) is 6.85. The molecule has 0 aliphatic carbocycles. The molecular formula is C32H34F3N5O4Si. The fraction of sp³-hybridized carbons (Fsp3) is 0.344. The lowest BCUT2D eigenvalue weighted by Crippen LogP contribution is -2.67. The summed E-state index contributed by atoms with van der Waals surface area (Å²) in [7, 11) is -2.89. The Morgan fingerprint density at radius 2 is 1.73 bits per heavy atom. The Balaban J connectivity index is 1.41. The first kappa shape index (κ1) is 32.2. The maximum absolute atomic E-state index is 12.5. The van der Waals surface area contributed by atoms with Gasteiger partial charge in [0.15, 0.2) is 0 Å². The predicted octanol–water partition coefficient (Wildman–Crippen LogP) is 3.27. The summed E-state index contributed by atoms with van der Waals surface area (Å²) in [6, 6.07) is 20.3. The van der Waals surface area contributed by atoms with Crippen LogP contribution >= 0.6 is 0 Å². The number of rotatable bonds is 7. The second kappa shape index (κ2) is 12.6. The maximum atomic E-state index is 12.5. The molecule has 0 radical (unpaired) electrons. The number of aromatic nitrogens is 3. The van der Waals surface area contributed by atoms with Crippen LogP contribution in [-0.2, 0) is 14.0 Å². The van der Waals surface area contributed by atoms with Crippen molar-refractivity contribution in [1.29, 1.82) is 0 Å². The number of aliphatic hydroxyl groups is 1. The Hall–Kier alpha value is -4.22. The quantitative estimate of drug-likeness (QED) is 0.210. The van der Waals surface area contributed by atoms with Gasteiger partial charge in [-0.05, 0) is 15.4 Å². The summed E-state index contributed by atoms with van der Waals surface area (Å²) >= 11 is 0. The zero-order valence-electron chi connectivity index (χ0n) is 25.0. The minimum absolute atomic E-state index is 0.118. The predicted molar refractivity (Wildman–Crippen MR) is 166 cm³/mol. The first-order chi connectivity index (χ1) is 21.3. The molecule has 3 atom stereocenters. The van der Waals surface area contributed by atoms with Crippen LogP contribution in [0.1, 0.15) is 39.0 Å². The van der Waals surface area contributed by atoms with Crippen molar-refractivity contribution in [3.05, 3.63) is 78.8 Å². The Morgan fingerprint density at radius 3 is 2.31 bits per heavy atom. The Labute approximate surface area is 259 Å². The van der Waals surface area contributed by atoms with Crippen molar-refractivity contribution in [2.75, 3.05) is 18.9 Å². The molecule has 0 saturated carbocycles. The molecule has 2 aromatic heterocycles. The highest BCUT2D eigenvalue weighted by Gasteiger charge is 2.51. The van der Waals surface area contributed by atoms with Gasteiger partial charge in [0.05, 0.1) is 30.2 Å². The molecule has 1 fully saturated rings. The molecule has 1 unspecified atom stereocenters. The van der Waals surface area contributed by atoms with E-state index in [4.69, 9.17) is 14.9 Å². The number of amides is 1. The van der Waals surface area contributed by atoms with E-state index in [2.05, 4.69) is 66.8 Å². The van der Waals surface area contributed by atoms with Gasteiger partial charge in [-0.25, -0.2) is 9.97 Å². The minimum atomic E-state index is -5.01. The molecule has 1 amide bonds. The summed E-state index contributed by atoms with van der Waals surface area (Å²) in [5, 5.41) is 15.2. The zero-order valence-corrected chi connectivity index (χ0v) is 26.0. The number of nitrogens with one attached hydrogen (secondary N) is 1. The number of hydrogen-bond donors (Lipinski definition) is 3. The van der Waals surface area contributed by atoms with Gasteiger partial charge in [0.2, 0.25) is 0 Å². The molecule has 1 saturated heterocycles. The Morgan fingerprint density at radius 1 is 1.11 bits per heavy atom. The van der Waals surface area contributed by atoms with Crippen molar-refractivity contribution >= 4 is 41.4 Å². The van der Waals surface area contributed by atoms with Gasteiger partial charge in [-0.2, -0.15) is 13.2 Å². The van der Waals surface area contributed by atoms with Gasteiger partial charge >= 0.3 is 12.1 Å². The number of carbonyl (C=O) groups excluding carboxylic acids is 1. The van der Waals surface area contributed by atoms with Gasteiger partial charge in [-0.1, -0.05) is 93.3 Å². The lowest BCUT2D eigenvalue weighted by Gasteiger charge is -2.43. The van der Waals surface area contributed by atoms with Crippen LogP contribution in [0, 0.1) is 11.8 Å². The van der Waals surface area contributed by atoms with Gasteiger partial charge in [-0.3, -0.25) is 4.79 Å². The second-order valence-electron chi connectivity index (χ2n) is 11.8. The topological polar surface area (TPSA) is 125 Å². The minimum Gasteiger partial charge on any atom is -0.405 e. The third-order valence-corrected chi connectivity index (χ3v) is 12.9. The van der Waals surface area contributed by atoms with Crippen LogP contribution in [0.3, 0.4) is 0 Å². The maximum Gasteiger partial charge on any atom is 0.471 e. The van der Waals surface area contributed by atoms with Gasteiger partial charge in [0, 0.05) is 12.6 Å². The van der Waals surface area contributed by atoms with E-state index in [9.17, 15) is 23.1 Å². The number of fused-ring (bicyclic) bond motifs is 1. The molecule has 3 heterocycles. The number of nitrogens with two attached hydrogens (primary N) is 1. The van der Waals surface area contributed by atoms with E-state index in [-0.39, 0.29) is 23.9 Å². The van der Waals surface area contributed by atoms with Gasteiger partial charge in [0.1, 0.15) is 30.1 Å². The lowest BCUT2D eigenvalue weighted by atomic mass is 10.2. The smallest absolute Gasteiger partial charge is 0.405 e. The van der Waals surface area contributed by atoms with E-state index in [1.807, 2.05) is 36.4 Å². The number of halogens is 3. The average molecular weight is 638 g/mol. The molecule has 1 aliphatic rings. The number of anilines is 1. The summed E-state index contributed by atoms with van der Waals surface area (Å²) in [6.45, 7) is 6.11. The van der Waals surface area contributed by atoms with Crippen molar-refractivity contribution in [2.45, 2.75) is 56.8 Å². The van der Waals surface area contributed by atoms with E-state index < -0.39 is 45.4 Å². The van der Waals surface area contributed by atoms with Crippen LogP contribution in [-0.4, -0.2) is 65.4 Å². The van der Waals surface area contributed by atoms with Crippen molar-refractivity contribution in [3.63, 3.8) is 0 Å². The van der Waals surface area contributed by atoms with E-state index >= 15 is 0 Å². The molecule has 5 rings (SSSR count). The summed E-state index contributed by atoms with van der Waals surface area (Å²) in [4.78, 5) is 19.5. The molecule has 0 bridgehead atoms. The lowest BCUT2D eigenvalue weighted by molar-refractivity contribution is -0.173. The summed E-state index contributed by atoms with van der Waals surface area (Å²) < 4.78 is 52.6. The van der Waals surface area contributed by atoms with Crippen molar-refractivity contribution in [1.82, 2.24) is 19.9 Å². The number of nitrogen functional groups attached to an aromatic ring is 1. The number of ether oxygens (including phenoxy) is 1. The molecule has 2 aromatic carbocycles. The molecule has 13 heteroatoms. The molecule has 1 aliphatic heterocycles. The third-order valence-electron chi connectivity index (χ3n) is 7.85. The molecule has 45 heavy (non-hydrogen) atoms. The van der Waals surface area contributed by atoms with E-state index in [1.165, 1.54) is 6.33 Å². The standard InChI is InChI=1S/C32H34F3N5O4Si/c1-31(2,3)45(22-12-6-4-7-13-22,23-14-8-5-9-15-23)43-19-25-24(41)17-26(44-25)40-18-21(27-28(36)38-20-39-29(27)40)11-10-16-37-30(42)32(33,34)35/h4-9,12-15,18,20,24-26,41H,16-17,19H2,1-3H3,(H,37,42)(H2,36,38,39)/t24?,25-,26-/m1/s1. The van der Waals surface area contributed by atoms with Crippen LogP contribution in [0.25, 0.3) is 11.0 Å². The highest BCUT2D eigenvalue weighted by atomic mass is 28.4. The van der Waals surface area contributed by atoms with Crippen LogP contribution in [0.5, 0.6) is 0 Å². The molecule has 0 spiro atoms. The van der Waals surface area contributed by atoms with Gasteiger partial charge < -0.3 is 29.9 Å². The number of carbonyl (C=O) groups is 1. The number of aliphatic hydroxyl groups excluding tert-OH is 1. The first-order valence-electron chi connectivity index (χ1n) is 14.4. The van der Waals surface area contributed by atoms with E-state index in [0.29, 0.717) is 16.6 Å². The molecule has 236 valence electrons. The van der Waals surface area contributed by atoms with Gasteiger partial charge in [-0.15, -0.1) is 0 Å². The van der Waals surface area contributed by atoms with E-state index in [0.717, 1.165) is 10.4 Å². The number of nitrogens with zero attached hydrogens (tertiary/aromatic N) is 3. The SMILES string of the molecule is CC(C)(C)[Si](OC[C@H]1O[C@@H](n2cc(C#CCNC(=O)C(F)(F)F)c3c(N)ncnc32)CC1O)(c1ccccc1)c1ccccc1. The second-order valence-corrected chi connectivity index (χ2v) is 16.1. The van der Waals surface area contributed by atoms with Crippen molar-refractivity contribution in [3.8, 4) is 11.8 Å².